The molecule has 2 bridgehead atoms. The van der Waals surface area contributed by atoms with Gasteiger partial charge < -0.3 is 19.2 Å². The SMILES string of the molecule is O=C(OCc1ccccc1)N1C2CCC1CC(O)(c1ccc3ocnc3c1)C2. The number of aromatic nitrogens is 1. The number of carbonyl (C=O) groups is 1. The van der Waals surface area contributed by atoms with Crippen molar-refractivity contribution in [1.82, 2.24) is 9.88 Å². The molecule has 0 radical (unpaired) electrons. The van der Waals surface area contributed by atoms with Crippen LogP contribution in [0, 0.1) is 0 Å². The van der Waals surface area contributed by atoms with Crippen LogP contribution in [0.5, 0.6) is 0 Å². The summed E-state index contributed by atoms with van der Waals surface area (Å²) in [5, 5.41) is 11.4. The number of piperidine rings is 1. The van der Waals surface area contributed by atoms with Crippen LogP contribution in [0.2, 0.25) is 0 Å². The van der Waals surface area contributed by atoms with E-state index in [9.17, 15) is 9.90 Å². The van der Waals surface area contributed by atoms with Crippen molar-refractivity contribution >= 4 is 17.2 Å². The van der Waals surface area contributed by atoms with Crippen molar-refractivity contribution in [2.24, 2.45) is 0 Å². The Morgan fingerprint density at radius 2 is 1.93 bits per heavy atom. The Labute approximate surface area is 162 Å². The Kier molecular flexibility index (Phi) is 4.09. The standard InChI is InChI=1S/C22H22N2O4/c25-21(27-13-15-4-2-1-3-5-15)24-17-7-8-18(24)12-22(26,11-17)16-6-9-20-19(10-16)23-14-28-20/h1-6,9-10,14,17-18,26H,7-8,11-13H2. The number of rotatable bonds is 3. The number of hydrogen-bond acceptors (Lipinski definition) is 5. The molecule has 2 atom stereocenters. The molecule has 2 fully saturated rings. The highest BCUT2D eigenvalue weighted by Gasteiger charge is 2.50. The topological polar surface area (TPSA) is 75.8 Å². The molecule has 2 aliphatic heterocycles. The number of amides is 1. The van der Waals surface area contributed by atoms with Crippen LogP contribution in [0.3, 0.4) is 0 Å². The van der Waals surface area contributed by atoms with Crippen molar-refractivity contribution in [1.29, 1.82) is 0 Å². The lowest BCUT2D eigenvalue weighted by Crippen LogP contribution is -2.52. The lowest BCUT2D eigenvalue weighted by molar-refractivity contribution is -0.0536. The van der Waals surface area contributed by atoms with Crippen LogP contribution < -0.4 is 0 Å². The minimum atomic E-state index is -0.963. The zero-order chi connectivity index (χ0) is 19.1. The Morgan fingerprint density at radius 3 is 2.68 bits per heavy atom. The van der Waals surface area contributed by atoms with Gasteiger partial charge in [-0.2, -0.15) is 0 Å². The number of benzene rings is 2. The number of nitrogens with zero attached hydrogens (tertiary/aromatic N) is 2. The molecule has 2 saturated heterocycles. The predicted octanol–water partition coefficient (Wildman–Crippen LogP) is 3.98. The lowest BCUT2D eigenvalue weighted by atomic mass is 9.80. The first-order chi connectivity index (χ1) is 13.6. The van der Waals surface area contributed by atoms with Crippen molar-refractivity contribution in [2.45, 2.75) is 50.0 Å². The first kappa shape index (κ1) is 17.3. The summed E-state index contributed by atoms with van der Waals surface area (Å²) in [6, 6.07) is 15.3. The van der Waals surface area contributed by atoms with E-state index >= 15 is 0 Å². The Morgan fingerprint density at radius 1 is 1.18 bits per heavy atom. The zero-order valence-electron chi connectivity index (χ0n) is 15.5. The van der Waals surface area contributed by atoms with Crippen LogP contribution in [0.1, 0.15) is 36.8 Å². The third kappa shape index (κ3) is 2.94. The first-order valence-electron chi connectivity index (χ1n) is 9.67. The van der Waals surface area contributed by atoms with Gasteiger partial charge in [-0.25, -0.2) is 9.78 Å². The fourth-order valence-corrected chi connectivity index (χ4v) is 4.70. The van der Waals surface area contributed by atoms with Crippen LogP contribution >= 0.6 is 0 Å². The molecule has 5 rings (SSSR count). The van der Waals surface area contributed by atoms with Crippen molar-refractivity contribution in [3.05, 3.63) is 66.1 Å². The van der Waals surface area contributed by atoms with E-state index in [2.05, 4.69) is 4.98 Å². The van der Waals surface area contributed by atoms with E-state index in [-0.39, 0.29) is 24.8 Å². The average molecular weight is 378 g/mol. The fourth-order valence-electron chi connectivity index (χ4n) is 4.70. The van der Waals surface area contributed by atoms with Gasteiger partial charge in [0, 0.05) is 24.9 Å². The van der Waals surface area contributed by atoms with Gasteiger partial charge in [-0.1, -0.05) is 36.4 Å². The molecule has 28 heavy (non-hydrogen) atoms. The largest absolute Gasteiger partial charge is 0.445 e. The van der Waals surface area contributed by atoms with Gasteiger partial charge in [0.2, 0.25) is 0 Å². The number of hydrogen-bond donors (Lipinski definition) is 1. The molecule has 1 amide bonds. The smallest absolute Gasteiger partial charge is 0.410 e. The molecule has 2 aliphatic rings. The Balaban J connectivity index is 1.32. The molecule has 0 spiro atoms. The van der Waals surface area contributed by atoms with Gasteiger partial charge in [0.25, 0.3) is 0 Å². The second-order valence-corrected chi connectivity index (χ2v) is 7.81. The minimum Gasteiger partial charge on any atom is -0.445 e. The molecule has 2 aromatic carbocycles. The fraction of sp³-hybridized carbons (Fsp3) is 0.364. The molecule has 6 nitrogen and oxygen atoms in total. The summed E-state index contributed by atoms with van der Waals surface area (Å²) in [4.78, 5) is 18.8. The van der Waals surface area contributed by atoms with Crippen LogP contribution in [0.15, 0.2) is 59.3 Å². The second-order valence-electron chi connectivity index (χ2n) is 7.81. The molecule has 3 heterocycles. The molecule has 1 N–H and O–H groups in total. The van der Waals surface area contributed by atoms with Gasteiger partial charge in [-0.15, -0.1) is 0 Å². The van der Waals surface area contributed by atoms with E-state index in [0.29, 0.717) is 18.4 Å². The number of oxazole rings is 1. The minimum absolute atomic E-state index is 0.0139. The Bertz CT molecular complexity index is 986. The van der Waals surface area contributed by atoms with Gasteiger partial charge in [0.15, 0.2) is 12.0 Å². The van der Waals surface area contributed by atoms with E-state index in [1.54, 1.807) is 0 Å². The molecule has 2 unspecified atom stereocenters. The van der Waals surface area contributed by atoms with Crippen LogP contribution in [-0.4, -0.2) is 33.2 Å². The third-order valence-electron chi connectivity index (χ3n) is 6.05. The first-order valence-corrected chi connectivity index (χ1v) is 9.67. The monoisotopic (exact) mass is 378 g/mol. The number of fused-ring (bicyclic) bond motifs is 3. The molecule has 3 aromatic rings. The average Bonchev–Trinajstić information content (AvgIpc) is 3.29. The Hall–Kier alpha value is -2.86. The van der Waals surface area contributed by atoms with Crippen molar-refractivity contribution < 1.29 is 19.1 Å². The van der Waals surface area contributed by atoms with Crippen molar-refractivity contribution in [2.75, 3.05) is 0 Å². The molecule has 6 heteroatoms. The van der Waals surface area contributed by atoms with Gasteiger partial charge in [-0.05, 0) is 36.1 Å². The van der Waals surface area contributed by atoms with Gasteiger partial charge >= 0.3 is 6.09 Å². The highest BCUT2D eigenvalue weighted by atomic mass is 16.6. The van der Waals surface area contributed by atoms with E-state index in [1.165, 1.54) is 6.39 Å². The van der Waals surface area contributed by atoms with E-state index in [0.717, 1.165) is 29.5 Å². The maximum absolute atomic E-state index is 12.7. The third-order valence-corrected chi connectivity index (χ3v) is 6.05. The number of carbonyl (C=O) groups excluding carboxylic acids is 1. The van der Waals surface area contributed by atoms with Crippen LogP contribution in [0.4, 0.5) is 4.79 Å². The molecule has 144 valence electrons. The predicted molar refractivity (Wildman–Crippen MR) is 102 cm³/mol. The quantitative estimate of drug-likeness (QED) is 0.746. The highest BCUT2D eigenvalue weighted by molar-refractivity contribution is 5.73. The second kappa shape index (κ2) is 6.63. The van der Waals surface area contributed by atoms with Gasteiger partial charge in [-0.3, -0.25) is 0 Å². The summed E-state index contributed by atoms with van der Waals surface area (Å²) >= 11 is 0. The molecule has 0 aliphatic carbocycles. The maximum Gasteiger partial charge on any atom is 0.410 e. The maximum atomic E-state index is 12.7. The molecular weight excluding hydrogens is 356 g/mol. The summed E-state index contributed by atoms with van der Waals surface area (Å²) in [5.41, 5.74) is 2.29. The highest BCUT2D eigenvalue weighted by Crippen LogP contribution is 2.46. The summed E-state index contributed by atoms with van der Waals surface area (Å²) in [7, 11) is 0. The summed E-state index contributed by atoms with van der Waals surface area (Å²) in [6.07, 6.45) is 3.92. The van der Waals surface area contributed by atoms with Crippen molar-refractivity contribution in [3.8, 4) is 0 Å². The molecule has 1 aromatic heterocycles. The van der Waals surface area contributed by atoms with Crippen LogP contribution in [-0.2, 0) is 16.9 Å². The summed E-state index contributed by atoms with van der Waals surface area (Å²) in [5.74, 6) is 0. The summed E-state index contributed by atoms with van der Waals surface area (Å²) < 4.78 is 10.8. The lowest BCUT2D eigenvalue weighted by Gasteiger charge is -2.43. The molecular formula is C22H22N2O4. The van der Waals surface area contributed by atoms with Crippen molar-refractivity contribution in [3.63, 3.8) is 0 Å². The summed E-state index contributed by atoms with van der Waals surface area (Å²) in [6.45, 7) is 0.267. The zero-order valence-corrected chi connectivity index (χ0v) is 15.5. The van der Waals surface area contributed by atoms with Crippen LogP contribution in [0.25, 0.3) is 11.1 Å². The van der Waals surface area contributed by atoms with E-state index in [1.807, 2.05) is 53.4 Å². The van der Waals surface area contributed by atoms with Gasteiger partial charge in [0.05, 0.1) is 5.60 Å². The van der Waals surface area contributed by atoms with E-state index < -0.39 is 5.60 Å². The number of ether oxygens (including phenoxy) is 1. The number of aliphatic hydroxyl groups is 1. The van der Waals surface area contributed by atoms with Gasteiger partial charge in [0.1, 0.15) is 12.1 Å². The normalized spacial score (nSPS) is 26.5. The molecule has 0 saturated carbocycles. The van der Waals surface area contributed by atoms with E-state index in [4.69, 9.17) is 9.15 Å².